The van der Waals surface area contributed by atoms with Gasteiger partial charge >= 0.3 is 6.09 Å². The number of hydrogen-bond acceptors (Lipinski definition) is 6. The third-order valence-electron chi connectivity index (χ3n) is 6.43. The number of rotatable bonds is 5. The Hall–Kier alpha value is -3.46. The van der Waals surface area contributed by atoms with Gasteiger partial charge in [-0.1, -0.05) is 35.9 Å². The molecule has 3 aromatic carbocycles. The fraction of sp³-hybridized carbons (Fsp3) is 0.300. The molecule has 2 amide bonds. The highest BCUT2D eigenvalue weighted by Crippen LogP contribution is 2.36. The maximum absolute atomic E-state index is 12.9. The Bertz CT molecular complexity index is 1490. The van der Waals surface area contributed by atoms with Crippen LogP contribution in [0.3, 0.4) is 0 Å². The summed E-state index contributed by atoms with van der Waals surface area (Å²) in [5, 5.41) is 4.46. The number of piperazine rings is 1. The number of thiazole rings is 1. The van der Waals surface area contributed by atoms with Crippen molar-refractivity contribution in [3.63, 3.8) is 0 Å². The van der Waals surface area contributed by atoms with Crippen LogP contribution in [0.15, 0.2) is 66.7 Å². The Labute approximate surface area is 237 Å². The predicted molar refractivity (Wildman–Crippen MR) is 158 cm³/mol. The van der Waals surface area contributed by atoms with Gasteiger partial charge in [-0.3, -0.25) is 9.69 Å². The van der Waals surface area contributed by atoms with Crippen LogP contribution in [-0.4, -0.2) is 58.6 Å². The number of hydrogen-bond donors (Lipinski definition) is 1. The van der Waals surface area contributed by atoms with Crippen molar-refractivity contribution in [2.24, 2.45) is 0 Å². The summed E-state index contributed by atoms with van der Waals surface area (Å²) < 4.78 is 6.62. The van der Waals surface area contributed by atoms with Crippen LogP contribution in [0.25, 0.3) is 20.8 Å². The number of para-hydroxylation sites is 2. The Balaban J connectivity index is 1.31. The van der Waals surface area contributed by atoms with E-state index in [1.54, 1.807) is 40.5 Å². The van der Waals surface area contributed by atoms with Gasteiger partial charge in [0.1, 0.15) is 10.6 Å². The average molecular weight is 563 g/mol. The molecule has 1 fully saturated rings. The summed E-state index contributed by atoms with van der Waals surface area (Å²) in [6, 6.07) is 20.8. The van der Waals surface area contributed by atoms with Crippen LogP contribution in [0.2, 0.25) is 5.02 Å². The number of halogens is 1. The van der Waals surface area contributed by atoms with Crippen LogP contribution in [-0.2, 0) is 11.3 Å². The number of anilines is 1. The van der Waals surface area contributed by atoms with Gasteiger partial charge in [-0.25, -0.2) is 9.78 Å². The zero-order valence-corrected chi connectivity index (χ0v) is 23.8. The summed E-state index contributed by atoms with van der Waals surface area (Å²) in [5.41, 5.74) is 3.72. The van der Waals surface area contributed by atoms with Crippen molar-refractivity contribution in [1.29, 1.82) is 0 Å². The smallest absolute Gasteiger partial charge is 0.410 e. The summed E-state index contributed by atoms with van der Waals surface area (Å²) in [6.07, 6.45) is -0.254. The summed E-state index contributed by atoms with van der Waals surface area (Å²) in [4.78, 5) is 34.4. The van der Waals surface area contributed by atoms with Crippen molar-refractivity contribution in [2.75, 3.05) is 31.5 Å². The quantitative estimate of drug-likeness (QED) is 0.286. The topological polar surface area (TPSA) is 74.8 Å². The van der Waals surface area contributed by atoms with E-state index in [0.29, 0.717) is 29.4 Å². The minimum absolute atomic E-state index is 0.202. The van der Waals surface area contributed by atoms with Gasteiger partial charge in [-0.2, -0.15) is 0 Å². The fourth-order valence-corrected chi connectivity index (χ4v) is 5.66. The summed E-state index contributed by atoms with van der Waals surface area (Å²) >= 11 is 7.58. The SMILES string of the molecule is CC(C)(C)OC(=O)N1CCN(Cc2cccc3sc(-c4ccccc4NC(=O)c4ccc(Cl)cc4)nc23)CC1. The van der Waals surface area contributed by atoms with E-state index in [2.05, 4.69) is 28.4 Å². The lowest BCUT2D eigenvalue weighted by molar-refractivity contribution is 0.0139. The molecule has 0 radical (unpaired) electrons. The molecule has 0 bridgehead atoms. The number of ether oxygens (including phenoxy) is 1. The molecule has 7 nitrogen and oxygen atoms in total. The van der Waals surface area contributed by atoms with E-state index < -0.39 is 5.60 Å². The molecule has 0 atom stereocenters. The molecule has 1 saturated heterocycles. The number of nitrogens with one attached hydrogen (secondary N) is 1. The maximum Gasteiger partial charge on any atom is 0.410 e. The van der Waals surface area contributed by atoms with Crippen LogP contribution in [0.5, 0.6) is 0 Å². The molecule has 0 saturated carbocycles. The Morgan fingerprint density at radius 3 is 2.41 bits per heavy atom. The van der Waals surface area contributed by atoms with Crippen molar-refractivity contribution >= 4 is 50.8 Å². The lowest BCUT2D eigenvalue weighted by Gasteiger charge is -2.35. The highest BCUT2D eigenvalue weighted by molar-refractivity contribution is 7.21. The lowest BCUT2D eigenvalue weighted by Crippen LogP contribution is -2.49. The molecule has 5 rings (SSSR count). The van der Waals surface area contributed by atoms with E-state index in [4.69, 9.17) is 21.3 Å². The molecule has 39 heavy (non-hydrogen) atoms. The minimum Gasteiger partial charge on any atom is -0.444 e. The number of carbonyl (C=O) groups excluding carboxylic acids is 2. The van der Waals surface area contributed by atoms with Gasteiger partial charge < -0.3 is 15.0 Å². The average Bonchev–Trinajstić information content (AvgIpc) is 3.34. The van der Waals surface area contributed by atoms with Gasteiger partial charge in [0.2, 0.25) is 0 Å². The zero-order valence-electron chi connectivity index (χ0n) is 22.2. The van der Waals surface area contributed by atoms with Crippen molar-refractivity contribution in [1.82, 2.24) is 14.8 Å². The van der Waals surface area contributed by atoms with E-state index in [-0.39, 0.29) is 12.0 Å². The van der Waals surface area contributed by atoms with Gasteiger partial charge in [0.25, 0.3) is 5.91 Å². The maximum atomic E-state index is 12.9. The van der Waals surface area contributed by atoms with E-state index in [1.807, 2.05) is 45.0 Å². The molecule has 0 aliphatic carbocycles. The lowest BCUT2D eigenvalue weighted by atomic mass is 10.1. The first-order valence-corrected chi connectivity index (χ1v) is 14.1. The number of aromatic nitrogens is 1. The molecular formula is C30H31ClN4O3S. The van der Waals surface area contributed by atoms with Gasteiger partial charge in [0.15, 0.2) is 0 Å². The molecule has 2 heterocycles. The van der Waals surface area contributed by atoms with Crippen molar-refractivity contribution in [3.05, 3.63) is 82.9 Å². The third kappa shape index (κ3) is 6.58. The van der Waals surface area contributed by atoms with Crippen molar-refractivity contribution < 1.29 is 14.3 Å². The molecule has 0 spiro atoms. The fourth-order valence-electron chi connectivity index (χ4n) is 4.48. The minimum atomic E-state index is -0.497. The van der Waals surface area contributed by atoms with Crippen LogP contribution in [0.4, 0.5) is 10.5 Å². The summed E-state index contributed by atoms with van der Waals surface area (Å²) in [7, 11) is 0. The Kier molecular flexibility index (Phi) is 7.88. The zero-order chi connectivity index (χ0) is 27.6. The van der Waals surface area contributed by atoms with E-state index in [9.17, 15) is 9.59 Å². The second kappa shape index (κ2) is 11.3. The first-order valence-electron chi connectivity index (χ1n) is 12.9. The van der Waals surface area contributed by atoms with Crippen LogP contribution >= 0.6 is 22.9 Å². The molecule has 1 N–H and O–H groups in total. The largest absolute Gasteiger partial charge is 0.444 e. The van der Waals surface area contributed by atoms with Gasteiger partial charge in [-0.05, 0) is 68.8 Å². The second-order valence-electron chi connectivity index (χ2n) is 10.5. The molecule has 9 heteroatoms. The number of fused-ring (bicyclic) bond motifs is 1. The Morgan fingerprint density at radius 1 is 0.974 bits per heavy atom. The van der Waals surface area contributed by atoms with Crippen LogP contribution in [0, 0.1) is 0 Å². The highest BCUT2D eigenvalue weighted by atomic mass is 35.5. The van der Waals surface area contributed by atoms with Gasteiger partial charge in [-0.15, -0.1) is 11.3 Å². The number of nitrogens with zero attached hydrogens (tertiary/aromatic N) is 3. The monoisotopic (exact) mass is 562 g/mol. The van der Waals surface area contributed by atoms with Gasteiger partial charge in [0, 0.05) is 48.9 Å². The summed E-state index contributed by atoms with van der Waals surface area (Å²) in [5.74, 6) is -0.202. The van der Waals surface area contributed by atoms with Crippen LogP contribution in [0.1, 0.15) is 36.7 Å². The third-order valence-corrected chi connectivity index (χ3v) is 7.74. The van der Waals surface area contributed by atoms with Crippen molar-refractivity contribution in [3.8, 4) is 10.6 Å². The number of carbonyl (C=O) groups is 2. The molecule has 1 aromatic heterocycles. The van der Waals surface area contributed by atoms with Gasteiger partial charge in [0.05, 0.1) is 15.9 Å². The molecule has 202 valence electrons. The molecular weight excluding hydrogens is 532 g/mol. The van der Waals surface area contributed by atoms with E-state index in [1.165, 1.54) is 0 Å². The number of benzene rings is 3. The standard InChI is InChI=1S/C30H31ClN4O3S/c1-30(2,3)38-29(37)35-17-15-34(16-18-35)19-21-7-6-10-25-26(21)33-28(39-25)23-8-4-5-9-24(23)32-27(36)20-11-13-22(31)14-12-20/h4-14H,15-19H2,1-3H3,(H,32,36). The molecule has 0 unspecified atom stereocenters. The molecule has 1 aliphatic rings. The molecule has 4 aromatic rings. The number of amides is 2. The normalized spacial score (nSPS) is 14.4. The van der Waals surface area contributed by atoms with Crippen LogP contribution < -0.4 is 5.32 Å². The van der Waals surface area contributed by atoms with Crippen molar-refractivity contribution in [2.45, 2.75) is 32.9 Å². The first kappa shape index (κ1) is 27.1. The predicted octanol–water partition coefficient (Wildman–Crippen LogP) is 6.92. The second-order valence-corrected chi connectivity index (χ2v) is 12.0. The highest BCUT2D eigenvalue weighted by Gasteiger charge is 2.26. The summed E-state index contributed by atoms with van der Waals surface area (Å²) in [6.45, 7) is 9.21. The first-order chi connectivity index (χ1) is 18.7. The van der Waals surface area contributed by atoms with E-state index >= 15 is 0 Å². The van der Waals surface area contributed by atoms with E-state index in [0.717, 1.165) is 46.0 Å². The molecule has 1 aliphatic heterocycles. The Morgan fingerprint density at radius 2 is 1.69 bits per heavy atom.